The Morgan fingerprint density at radius 2 is 1.67 bits per heavy atom. The van der Waals surface area contributed by atoms with Crippen LogP contribution in [0.1, 0.15) is 19.4 Å². The Morgan fingerprint density at radius 1 is 1.04 bits per heavy atom. The van der Waals surface area contributed by atoms with Crippen molar-refractivity contribution < 1.29 is 13.2 Å². The molecule has 2 aromatic carbocycles. The molecule has 0 atom stereocenters. The maximum atomic E-state index is 11.2. The Bertz CT molecular complexity index is 729. The van der Waals surface area contributed by atoms with E-state index in [1.165, 1.54) is 17.7 Å². The Balaban J connectivity index is 1.88. The number of sulfonamides is 1. The predicted molar refractivity (Wildman–Crippen MR) is 95.3 cm³/mol. The van der Waals surface area contributed by atoms with Gasteiger partial charge in [-0.1, -0.05) is 30.3 Å². The number of hydrogen-bond acceptors (Lipinski definition) is 4. The summed E-state index contributed by atoms with van der Waals surface area (Å²) in [6.07, 6.45) is 0. The van der Waals surface area contributed by atoms with Crippen molar-refractivity contribution in [2.75, 3.05) is 13.2 Å². The van der Waals surface area contributed by atoms with Crippen molar-refractivity contribution in [2.24, 2.45) is 5.14 Å². The van der Waals surface area contributed by atoms with Gasteiger partial charge in [0.1, 0.15) is 12.4 Å². The van der Waals surface area contributed by atoms with Gasteiger partial charge in [0, 0.05) is 19.1 Å². The first-order chi connectivity index (χ1) is 11.4. The summed E-state index contributed by atoms with van der Waals surface area (Å²) in [5.41, 5.74) is 1.27. The smallest absolute Gasteiger partial charge is 0.238 e. The Morgan fingerprint density at radius 3 is 2.21 bits per heavy atom. The largest absolute Gasteiger partial charge is 0.492 e. The molecule has 5 nitrogen and oxygen atoms in total. The Hall–Kier alpha value is -1.89. The van der Waals surface area contributed by atoms with Crippen LogP contribution in [0.4, 0.5) is 0 Å². The fraction of sp³-hybridized carbons (Fsp3) is 0.333. The van der Waals surface area contributed by atoms with Gasteiger partial charge in [0.15, 0.2) is 0 Å². The summed E-state index contributed by atoms with van der Waals surface area (Å²) in [5.74, 6) is 0.630. The van der Waals surface area contributed by atoms with E-state index in [9.17, 15) is 8.42 Å². The number of ether oxygens (including phenoxy) is 1. The molecule has 0 bridgehead atoms. The van der Waals surface area contributed by atoms with Crippen molar-refractivity contribution in [2.45, 2.75) is 31.3 Å². The molecule has 0 amide bonds. The Labute approximate surface area is 144 Å². The normalized spacial score (nSPS) is 11.9. The zero-order valence-corrected chi connectivity index (χ0v) is 14.9. The number of rotatable bonds is 8. The van der Waals surface area contributed by atoms with Crippen molar-refractivity contribution in [1.82, 2.24) is 4.90 Å². The molecule has 0 saturated carbocycles. The van der Waals surface area contributed by atoms with Crippen LogP contribution in [0.5, 0.6) is 5.75 Å². The lowest BCUT2D eigenvalue weighted by Crippen LogP contribution is -2.34. The molecule has 24 heavy (non-hydrogen) atoms. The molecule has 0 unspecified atom stereocenters. The van der Waals surface area contributed by atoms with E-state index < -0.39 is 10.0 Å². The van der Waals surface area contributed by atoms with Crippen LogP contribution in [0.15, 0.2) is 59.5 Å². The first-order valence-corrected chi connectivity index (χ1v) is 9.44. The molecule has 0 saturated heterocycles. The molecule has 6 heteroatoms. The fourth-order valence-electron chi connectivity index (χ4n) is 2.34. The van der Waals surface area contributed by atoms with E-state index in [0.717, 1.165) is 13.1 Å². The van der Waals surface area contributed by atoms with Gasteiger partial charge in [-0.05, 0) is 43.7 Å². The van der Waals surface area contributed by atoms with Gasteiger partial charge in [-0.2, -0.15) is 0 Å². The zero-order chi connectivity index (χ0) is 17.6. The van der Waals surface area contributed by atoms with E-state index in [4.69, 9.17) is 9.88 Å². The lowest BCUT2D eigenvalue weighted by Gasteiger charge is -2.26. The number of benzene rings is 2. The second-order valence-corrected chi connectivity index (χ2v) is 7.48. The molecule has 2 rings (SSSR count). The average Bonchev–Trinajstić information content (AvgIpc) is 2.54. The van der Waals surface area contributed by atoms with Crippen LogP contribution in [0.25, 0.3) is 0 Å². The van der Waals surface area contributed by atoms with Crippen LogP contribution >= 0.6 is 0 Å². The van der Waals surface area contributed by atoms with Gasteiger partial charge in [-0.25, -0.2) is 13.6 Å². The summed E-state index contributed by atoms with van der Waals surface area (Å²) in [6, 6.07) is 16.9. The van der Waals surface area contributed by atoms with Crippen LogP contribution in [0.2, 0.25) is 0 Å². The van der Waals surface area contributed by atoms with Crippen LogP contribution in [0.3, 0.4) is 0 Å². The van der Waals surface area contributed by atoms with Gasteiger partial charge in [0.2, 0.25) is 10.0 Å². The van der Waals surface area contributed by atoms with Gasteiger partial charge in [-0.15, -0.1) is 0 Å². The molecule has 2 N–H and O–H groups in total. The quantitative estimate of drug-likeness (QED) is 0.796. The SMILES string of the molecule is CC(C)N(CCOc1ccc(S(N)(=O)=O)cc1)Cc1ccccc1. The van der Waals surface area contributed by atoms with E-state index in [2.05, 4.69) is 30.9 Å². The van der Waals surface area contributed by atoms with Crippen LogP contribution in [0, 0.1) is 0 Å². The summed E-state index contributed by atoms with van der Waals surface area (Å²) >= 11 is 0. The van der Waals surface area contributed by atoms with Crippen LogP contribution in [-0.2, 0) is 16.6 Å². The highest BCUT2D eigenvalue weighted by molar-refractivity contribution is 7.89. The fourth-order valence-corrected chi connectivity index (χ4v) is 2.86. The minimum atomic E-state index is -3.66. The minimum absolute atomic E-state index is 0.0859. The Kier molecular flexibility index (Phi) is 6.36. The van der Waals surface area contributed by atoms with Crippen molar-refractivity contribution in [1.29, 1.82) is 0 Å². The molecule has 0 aliphatic rings. The summed E-state index contributed by atoms with van der Waals surface area (Å²) in [5, 5.41) is 5.08. The predicted octanol–water partition coefficient (Wildman–Crippen LogP) is 2.62. The number of hydrogen-bond donors (Lipinski definition) is 1. The lowest BCUT2D eigenvalue weighted by atomic mass is 10.2. The van der Waals surface area contributed by atoms with Gasteiger partial charge in [-0.3, -0.25) is 4.90 Å². The van der Waals surface area contributed by atoms with Crippen molar-refractivity contribution in [3.63, 3.8) is 0 Å². The van der Waals surface area contributed by atoms with E-state index in [1.807, 2.05) is 18.2 Å². The highest BCUT2D eigenvalue weighted by Gasteiger charge is 2.11. The van der Waals surface area contributed by atoms with Crippen molar-refractivity contribution in [3.8, 4) is 5.75 Å². The molecule has 2 aromatic rings. The highest BCUT2D eigenvalue weighted by Crippen LogP contribution is 2.15. The van der Waals surface area contributed by atoms with E-state index in [1.54, 1.807) is 12.1 Å². The molecule has 0 heterocycles. The molecule has 0 fully saturated rings. The third-order valence-corrected chi connectivity index (χ3v) is 4.69. The third kappa shape index (κ3) is 5.63. The van der Waals surface area contributed by atoms with Crippen molar-refractivity contribution >= 4 is 10.0 Å². The van der Waals surface area contributed by atoms with E-state index in [0.29, 0.717) is 18.4 Å². The summed E-state index contributed by atoms with van der Waals surface area (Å²) in [4.78, 5) is 2.41. The highest BCUT2D eigenvalue weighted by atomic mass is 32.2. The molecule has 0 spiro atoms. The van der Waals surface area contributed by atoms with Gasteiger partial charge in [0.25, 0.3) is 0 Å². The lowest BCUT2D eigenvalue weighted by molar-refractivity contribution is 0.169. The van der Waals surface area contributed by atoms with Crippen LogP contribution in [-0.4, -0.2) is 32.5 Å². The maximum absolute atomic E-state index is 11.2. The molecule has 0 radical (unpaired) electrons. The molecular weight excluding hydrogens is 324 g/mol. The molecular formula is C18H24N2O3S. The first kappa shape index (κ1) is 18.4. The molecule has 0 aromatic heterocycles. The minimum Gasteiger partial charge on any atom is -0.492 e. The monoisotopic (exact) mass is 348 g/mol. The zero-order valence-electron chi connectivity index (χ0n) is 14.1. The summed E-state index contributed by atoms with van der Waals surface area (Å²) in [6.45, 7) is 6.49. The second kappa shape index (κ2) is 8.28. The summed E-state index contributed by atoms with van der Waals surface area (Å²) in [7, 11) is -3.66. The number of nitrogens with zero attached hydrogens (tertiary/aromatic N) is 1. The topological polar surface area (TPSA) is 72.6 Å². The van der Waals surface area contributed by atoms with Gasteiger partial charge < -0.3 is 4.74 Å². The number of primary sulfonamides is 1. The van der Waals surface area contributed by atoms with E-state index in [-0.39, 0.29) is 4.90 Å². The van der Waals surface area contributed by atoms with Crippen molar-refractivity contribution in [3.05, 3.63) is 60.2 Å². The molecule has 0 aliphatic carbocycles. The number of nitrogens with two attached hydrogens (primary N) is 1. The molecule has 0 aliphatic heterocycles. The average molecular weight is 348 g/mol. The van der Waals surface area contributed by atoms with Gasteiger partial charge in [0.05, 0.1) is 4.90 Å². The first-order valence-electron chi connectivity index (χ1n) is 7.90. The maximum Gasteiger partial charge on any atom is 0.238 e. The second-order valence-electron chi connectivity index (χ2n) is 5.91. The van der Waals surface area contributed by atoms with Crippen LogP contribution < -0.4 is 9.88 Å². The van der Waals surface area contributed by atoms with Gasteiger partial charge >= 0.3 is 0 Å². The standard InChI is InChI=1S/C18H24N2O3S/c1-15(2)20(14-16-6-4-3-5-7-16)12-13-23-17-8-10-18(11-9-17)24(19,21)22/h3-11,15H,12-14H2,1-2H3,(H2,19,21,22). The molecule has 130 valence electrons. The summed E-state index contributed by atoms with van der Waals surface area (Å²) < 4.78 is 28.2. The van der Waals surface area contributed by atoms with E-state index >= 15 is 0 Å². The third-order valence-electron chi connectivity index (χ3n) is 3.76.